The highest BCUT2D eigenvalue weighted by molar-refractivity contribution is 6.24. The number of aliphatic hydroxyl groups excluding tert-OH is 2. The van der Waals surface area contributed by atoms with Crippen LogP contribution in [0.1, 0.15) is 48.4 Å². The number of hydrogen-bond acceptors (Lipinski definition) is 9. The average molecular weight is 500 g/mol. The number of fused-ring (bicyclic) bond motifs is 3. The third-order valence-corrected chi connectivity index (χ3v) is 7.91. The summed E-state index contributed by atoms with van der Waals surface area (Å²) in [4.78, 5) is 40.5. The Morgan fingerprint density at radius 3 is 2.42 bits per heavy atom. The number of nitrogens with zero attached hydrogens (tertiary/aromatic N) is 1. The second-order valence-corrected chi connectivity index (χ2v) is 10.2. The van der Waals surface area contributed by atoms with Crippen molar-refractivity contribution in [1.82, 2.24) is 4.90 Å². The molecule has 36 heavy (non-hydrogen) atoms. The summed E-state index contributed by atoms with van der Waals surface area (Å²) in [6, 6.07) is 0.721. The number of unbranched alkanes of at least 4 members (excludes halogenated alkanes) is 1. The van der Waals surface area contributed by atoms with E-state index in [2.05, 4.69) is 6.92 Å². The number of benzene rings is 1. The van der Waals surface area contributed by atoms with Gasteiger partial charge in [-0.05, 0) is 56.8 Å². The number of primary amides is 1. The van der Waals surface area contributed by atoms with Crippen LogP contribution in [0, 0.1) is 11.8 Å². The van der Waals surface area contributed by atoms with Gasteiger partial charge < -0.3 is 31.9 Å². The summed E-state index contributed by atoms with van der Waals surface area (Å²) >= 11 is 0. The maximum atomic E-state index is 13.9. The van der Waals surface area contributed by atoms with Crippen LogP contribution < -0.4 is 11.5 Å². The molecule has 0 aliphatic heterocycles. The molecule has 3 aliphatic rings. The van der Waals surface area contributed by atoms with E-state index < -0.39 is 58.0 Å². The van der Waals surface area contributed by atoms with Crippen LogP contribution in [-0.2, 0) is 33.8 Å². The van der Waals surface area contributed by atoms with Crippen molar-refractivity contribution in [2.24, 2.45) is 23.3 Å². The van der Waals surface area contributed by atoms with Crippen LogP contribution in [-0.4, -0.2) is 68.5 Å². The van der Waals surface area contributed by atoms with E-state index >= 15 is 0 Å². The fraction of sp³-hybridized carbons (Fsp3) is 0.500. The van der Waals surface area contributed by atoms with Gasteiger partial charge in [0.05, 0.1) is 11.6 Å². The third kappa shape index (κ3) is 3.47. The molecule has 10 nitrogen and oxygen atoms in total. The van der Waals surface area contributed by atoms with E-state index in [4.69, 9.17) is 11.5 Å². The maximum Gasteiger partial charge on any atom is 0.255 e. The van der Waals surface area contributed by atoms with Gasteiger partial charge in [-0.2, -0.15) is 0 Å². The Labute approximate surface area is 208 Å². The van der Waals surface area contributed by atoms with E-state index in [0.29, 0.717) is 17.5 Å². The molecule has 0 saturated heterocycles. The zero-order chi connectivity index (χ0) is 26.7. The van der Waals surface area contributed by atoms with Gasteiger partial charge in [0.1, 0.15) is 22.8 Å². The van der Waals surface area contributed by atoms with Crippen LogP contribution in [0.2, 0.25) is 0 Å². The number of aryl methyl sites for hydroxylation is 1. The lowest BCUT2D eigenvalue weighted by molar-refractivity contribution is -0.153. The van der Waals surface area contributed by atoms with E-state index in [0.717, 1.165) is 18.4 Å². The molecule has 0 aromatic heterocycles. The summed E-state index contributed by atoms with van der Waals surface area (Å²) in [6.45, 7) is 2.07. The van der Waals surface area contributed by atoms with Gasteiger partial charge in [-0.15, -0.1) is 0 Å². The zero-order valence-electron chi connectivity index (χ0n) is 20.7. The van der Waals surface area contributed by atoms with Gasteiger partial charge in [0.15, 0.2) is 11.4 Å². The van der Waals surface area contributed by atoms with Gasteiger partial charge >= 0.3 is 0 Å². The normalized spacial score (nSPS) is 27.8. The predicted octanol–water partition coefficient (Wildman–Crippen LogP) is 0.765. The highest BCUT2D eigenvalue weighted by Gasteiger charge is 2.64. The van der Waals surface area contributed by atoms with Crippen molar-refractivity contribution in [3.63, 3.8) is 0 Å². The number of likely N-dealkylation sites (N-methyl/N-ethyl adjacent to an activating group) is 1. The number of phenolic OH excluding ortho intramolecular Hbond substituents is 1. The minimum absolute atomic E-state index is 0.0162. The number of phenols is 1. The summed E-state index contributed by atoms with van der Waals surface area (Å²) in [7, 11) is 3.14. The standard InChI is InChI=1S/C26H33N3O7/c1-4-5-6-11-7-13(10-27)20(30)17-14(11)8-12-9-15-19(29(2)3)22(32)18(25(28)35)24(34)26(15,36)23(33)16(12)21(17)31/h7,12,15,19,30-31,34,36H,4-6,8-10,27H2,1-3H3,(H2,28,35). The molecule has 1 fully saturated rings. The van der Waals surface area contributed by atoms with Gasteiger partial charge in [0, 0.05) is 23.6 Å². The second-order valence-electron chi connectivity index (χ2n) is 10.2. The number of aliphatic hydroxyl groups is 3. The van der Waals surface area contributed by atoms with Crippen molar-refractivity contribution in [2.75, 3.05) is 14.1 Å². The first kappa shape index (κ1) is 25.9. The molecular weight excluding hydrogens is 466 g/mol. The maximum absolute atomic E-state index is 13.9. The molecule has 8 N–H and O–H groups in total. The average Bonchev–Trinajstić information content (AvgIpc) is 2.80. The number of carbonyl (C=O) groups excluding carboxylic acids is 3. The highest BCUT2D eigenvalue weighted by Crippen LogP contribution is 2.53. The van der Waals surface area contributed by atoms with E-state index in [9.17, 15) is 34.8 Å². The molecule has 1 aromatic carbocycles. The molecule has 3 aliphatic carbocycles. The molecule has 4 atom stereocenters. The van der Waals surface area contributed by atoms with E-state index in [1.165, 1.54) is 4.90 Å². The Morgan fingerprint density at radius 2 is 1.86 bits per heavy atom. The summed E-state index contributed by atoms with van der Waals surface area (Å²) in [5.41, 5.74) is 9.66. The topological polar surface area (TPSA) is 187 Å². The van der Waals surface area contributed by atoms with E-state index in [-0.39, 0.29) is 36.3 Å². The van der Waals surface area contributed by atoms with Crippen LogP contribution >= 0.6 is 0 Å². The van der Waals surface area contributed by atoms with Crippen LogP contribution in [0.15, 0.2) is 23.0 Å². The summed E-state index contributed by atoms with van der Waals surface area (Å²) < 4.78 is 0. The molecule has 10 heteroatoms. The first-order valence-electron chi connectivity index (χ1n) is 12.1. The molecule has 0 radical (unpaired) electrons. The molecule has 1 saturated carbocycles. The highest BCUT2D eigenvalue weighted by atomic mass is 16.3. The van der Waals surface area contributed by atoms with Crippen LogP contribution in [0.3, 0.4) is 0 Å². The minimum Gasteiger partial charge on any atom is -0.508 e. The summed E-state index contributed by atoms with van der Waals surface area (Å²) in [5.74, 6) is -6.54. The number of hydrogen-bond donors (Lipinski definition) is 6. The third-order valence-electron chi connectivity index (χ3n) is 7.91. The largest absolute Gasteiger partial charge is 0.508 e. The fourth-order valence-electron chi connectivity index (χ4n) is 6.20. The lowest BCUT2D eigenvalue weighted by Gasteiger charge is -2.50. The smallest absolute Gasteiger partial charge is 0.255 e. The molecule has 0 heterocycles. The van der Waals surface area contributed by atoms with Crippen molar-refractivity contribution in [3.05, 3.63) is 45.2 Å². The van der Waals surface area contributed by atoms with Gasteiger partial charge in [0.2, 0.25) is 5.78 Å². The molecule has 0 bridgehead atoms. The number of ketones is 2. The van der Waals surface area contributed by atoms with E-state index in [1.54, 1.807) is 14.1 Å². The van der Waals surface area contributed by atoms with Crippen molar-refractivity contribution in [3.8, 4) is 5.75 Å². The number of aromatic hydroxyl groups is 1. The number of rotatable bonds is 6. The van der Waals surface area contributed by atoms with Crippen molar-refractivity contribution in [1.29, 1.82) is 0 Å². The van der Waals surface area contributed by atoms with Crippen LogP contribution in [0.4, 0.5) is 0 Å². The Kier molecular flexibility index (Phi) is 6.48. The summed E-state index contributed by atoms with van der Waals surface area (Å²) in [5, 5.41) is 44.8. The minimum atomic E-state index is -2.64. The molecule has 4 rings (SSSR count). The zero-order valence-corrected chi connectivity index (χ0v) is 20.7. The van der Waals surface area contributed by atoms with Crippen molar-refractivity contribution in [2.45, 2.75) is 57.2 Å². The first-order valence-corrected chi connectivity index (χ1v) is 12.1. The molecule has 194 valence electrons. The van der Waals surface area contributed by atoms with Gasteiger partial charge in [0.25, 0.3) is 5.91 Å². The monoisotopic (exact) mass is 499 g/mol. The molecular formula is C26H33N3O7. The van der Waals surface area contributed by atoms with Gasteiger partial charge in [-0.3, -0.25) is 19.3 Å². The molecule has 1 aromatic rings. The fourth-order valence-corrected chi connectivity index (χ4v) is 6.20. The van der Waals surface area contributed by atoms with Gasteiger partial charge in [-0.1, -0.05) is 19.4 Å². The van der Waals surface area contributed by atoms with Crippen molar-refractivity contribution < 1.29 is 34.8 Å². The molecule has 0 spiro atoms. The Balaban J connectivity index is 1.97. The van der Waals surface area contributed by atoms with Crippen LogP contribution in [0.5, 0.6) is 5.75 Å². The lowest BCUT2D eigenvalue weighted by atomic mass is 9.57. The number of carbonyl (C=O) groups is 3. The van der Waals surface area contributed by atoms with Crippen molar-refractivity contribution >= 4 is 23.2 Å². The summed E-state index contributed by atoms with van der Waals surface area (Å²) in [6.07, 6.45) is 2.84. The number of nitrogens with two attached hydrogens (primary N) is 2. The Bertz CT molecular complexity index is 1230. The quantitative estimate of drug-likeness (QED) is 0.307. The lowest BCUT2D eigenvalue weighted by Crippen LogP contribution is -2.65. The molecule has 1 amide bonds. The van der Waals surface area contributed by atoms with Gasteiger partial charge in [-0.25, -0.2) is 0 Å². The Morgan fingerprint density at radius 1 is 1.19 bits per heavy atom. The predicted molar refractivity (Wildman–Crippen MR) is 131 cm³/mol. The number of amides is 1. The number of Topliss-reactive ketones (excluding diaryl/α,β-unsaturated/α-hetero) is 2. The van der Waals surface area contributed by atoms with E-state index in [1.807, 2.05) is 6.07 Å². The SMILES string of the molecule is CCCCc1cc(CN)c(O)c2c1CC1CC3C(N(C)C)C(=O)C(C(N)=O)=C(O)C3(O)C(=O)C1=C2O. The molecule has 4 unspecified atom stereocenters. The Hall–Kier alpha value is -3.21. The van der Waals surface area contributed by atoms with Crippen LogP contribution in [0.25, 0.3) is 5.76 Å². The second kappa shape index (κ2) is 9.02. The first-order chi connectivity index (χ1) is 16.9.